The normalized spacial score (nSPS) is 10.1. The second-order valence-electron chi connectivity index (χ2n) is 3.51. The average molecular weight is 267 g/mol. The molecule has 94 valence electrons. The predicted octanol–water partition coefficient (Wildman–Crippen LogP) is 1.91. The zero-order valence-corrected chi connectivity index (χ0v) is 10.3. The molecule has 0 unspecified atom stereocenters. The largest absolute Gasteiger partial charge is 0.495 e. The zero-order chi connectivity index (χ0) is 13.1. The summed E-state index contributed by atoms with van der Waals surface area (Å²) in [5, 5.41) is 9.34. The van der Waals surface area contributed by atoms with Crippen molar-refractivity contribution in [2.75, 3.05) is 18.2 Å². The Hall–Kier alpha value is -2.21. The Morgan fingerprint density at radius 1 is 1.50 bits per heavy atom. The first-order valence-corrected chi connectivity index (χ1v) is 5.43. The van der Waals surface area contributed by atoms with Gasteiger partial charge in [-0.25, -0.2) is 0 Å². The van der Waals surface area contributed by atoms with Crippen LogP contribution in [0.25, 0.3) is 0 Å². The van der Waals surface area contributed by atoms with E-state index >= 15 is 0 Å². The van der Waals surface area contributed by atoms with Crippen LogP contribution in [0.2, 0.25) is 5.02 Å². The fraction of sp³-hybridized carbons (Fsp3) is 0.0909. The Bertz CT molecular complexity index is 582. The number of methoxy groups -OCH3 is 1. The monoisotopic (exact) mass is 266 g/mol. The van der Waals surface area contributed by atoms with E-state index in [1.54, 1.807) is 18.2 Å². The molecule has 0 aliphatic carbocycles. The van der Waals surface area contributed by atoms with E-state index in [1.165, 1.54) is 13.2 Å². The number of rotatable bonds is 3. The number of nitrogens with zero attached hydrogens (tertiary/aromatic N) is 1. The van der Waals surface area contributed by atoms with Gasteiger partial charge in [-0.1, -0.05) is 11.6 Å². The van der Waals surface area contributed by atoms with E-state index in [2.05, 4.69) is 15.5 Å². The van der Waals surface area contributed by atoms with Crippen LogP contribution in [0.5, 0.6) is 5.75 Å². The Morgan fingerprint density at radius 2 is 2.28 bits per heavy atom. The molecule has 0 spiro atoms. The molecule has 0 saturated heterocycles. The first kappa shape index (κ1) is 12.3. The highest BCUT2D eigenvalue weighted by Gasteiger charge is 2.10. The lowest BCUT2D eigenvalue weighted by atomic mass is 10.3. The second-order valence-corrected chi connectivity index (χ2v) is 3.92. The van der Waals surface area contributed by atoms with Crippen molar-refractivity contribution in [3.05, 3.63) is 35.0 Å². The van der Waals surface area contributed by atoms with Gasteiger partial charge in [0.05, 0.1) is 12.1 Å². The minimum absolute atomic E-state index is 0.258. The lowest BCUT2D eigenvalue weighted by molar-refractivity contribution is 0.102. The van der Waals surface area contributed by atoms with Crippen molar-refractivity contribution < 1.29 is 9.53 Å². The highest BCUT2D eigenvalue weighted by Crippen LogP contribution is 2.27. The third-order valence-corrected chi connectivity index (χ3v) is 2.56. The molecule has 2 rings (SSSR count). The zero-order valence-electron chi connectivity index (χ0n) is 9.53. The number of nitrogens with one attached hydrogen (secondary N) is 2. The number of ether oxygens (including phenoxy) is 1. The van der Waals surface area contributed by atoms with Crippen LogP contribution in [-0.2, 0) is 0 Å². The maximum Gasteiger partial charge on any atom is 0.273 e. The molecule has 1 aromatic carbocycles. The first-order chi connectivity index (χ1) is 8.60. The smallest absolute Gasteiger partial charge is 0.273 e. The van der Waals surface area contributed by atoms with Crippen molar-refractivity contribution >= 4 is 29.0 Å². The Labute approximate surface area is 108 Å². The number of aromatic amines is 1. The SMILES string of the molecule is COc1cc(NC(=O)c2cc(N)n[nH]2)ccc1Cl. The van der Waals surface area contributed by atoms with E-state index < -0.39 is 0 Å². The standard InChI is InChI=1S/C11H11ClN4O2/c1-18-9-4-6(2-3-7(9)12)14-11(17)8-5-10(13)16-15-8/h2-5H,1H3,(H,14,17)(H3,13,15,16). The Balaban J connectivity index is 2.16. The topological polar surface area (TPSA) is 93.0 Å². The van der Waals surface area contributed by atoms with Gasteiger partial charge in [0.25, 0.3) is 5.91 Å². The van der Waals surface area contributed by atoms with Crippen LogP contribution in [0.15, 0.2) is 24.3 Å². The summed E-state index contributed by atoms with van der Waals surface area (Å²) in [6.07, 6.45) is 0. The average Bonchev–Trinajstić information content (AvgIpc) is 2.78. The van der Waals surface area contributed by atoms with E-state index in [4.69, 9.17) is 22.1 Å². The van der Waals surface area contributed by atoms with Crippen molar-refractivity contribution in [2.24, 2.45) is 0 Å². The molecule has 0 fully saturated rings. The van der Waals surface area contributed by atoms with Gasteiger partial charge in [0.1, 0.15) is 17.3 Å². The van der Waals surface area contributed by atoms with Crippen LogP contribution >= 0.6 is 11.6 Å². The lowest BCUT2D eigenvalue weighted by Gasteiger charge is -2.07. The molecule has 18 heavy (non-hydrogen) atoms. The summed E-state index contributed by atoms with van der Waals surface area (Å²) in [5.74, 6) is 0.399. The summed E-state index contributed by atoms with van der Waals surface area (Å²) in [6.45, 7) is 0. The van der Waals surface area contributed by atoms with E-state index in [-0.39, 0.29) is 17.4 Å². The van der Waals surface area contributed by atoms with Gasteiger partial charge in [-0.15, -0.1) is 0 Å². The summed E-state index contributed by atoms with van der Waals surface area (Å²) in [7, 11) is 1.50. The predicted molar refractivity (Wildman–Crippen MR) is 69.0 cm³/mol. The summed E-state index contributed by atoms with van der Waals surface area (Å²) < 4.78 is 5.05. The quantitative estimate of drug-likeness (QED) is 0.791. The molecule has 7 heteroatoms. The number of benzene rings is 1. The van der Waals surface area contributed by atoms with Gasteiger partial charge in [0, 0.05) is 17.8 Å². The van der Waals surface area contributed by atoms with E-state index in [1.807, 2.05) is 0 Å². The number of H-pyrrole nitrogens is 1. The van der Waals surface area contributed by atoms with Crippen molar-refractivity contribution in [1.82, 2.24) is 10.2 Å². The minimum atomic E-state index is -0.344. The van der Waals surface area contributed by atoms with Crippen molar-refractivity contribution in [1.29, 1.82) is 0 Å². The van der Waals surface area contributed by atoms with Crippen molar-refractivity contribution in [3.8, 4) is 5.75 Å². The van der Waals surface area contributed by atoms with Crippen LogP contribution in [0.1, 0.15) is 10.5 Å². The summed E-state index contributed by atoms with van der Waals surface area (Å²) in [5.41, 5.74) is 6.26. The number of hydrogen-bond donors (Lipinski definition) is 3. The lowest BCUT2D eigenvalue weighted by Crippen LogP contribution is -2.12. The number of hydrogen-bond acceptors (Lipinski definition) is 4. The molecule has 0 atom stereocenters. The molecule has 0 saturated carbocycles. The molecule has 1 amide bonds. The van der Waals surface area contributed by atoms with Crippen molar-refractivity contribution in [2.45, 2.75) is 0 Å². The maximum absolute atomic E-state index is 11.8. The maximum atomic E-state index is 11.8. The number of aromatic nitrogens is 2. The highest BCUT2D eigenvalue weighted by atomic mass is 35.5. The third-order valence-electron chi connectivity index (χ3n) is 2.25. The number of nitrogen functional groups attached to an aromatic ring is 1. The van der Waals surface area contributed by atoms with Gasteiger partial charge in [0.15, 0.2) is 0 Å². The number of carbonyl (C=O) groups is 1. The Kier molecular flexibility index (Phi) is 3.38. The fourth-order valence-corrected chi connectivity index (χ4v) is 1.58. The molecule has 1 aromatic heterocycles. The fourth-order valence-electron chi connectivity index (χ4n) is 1.39. The van der Waals surface area contributed by atoms with E-state index in [0.29, 0.717) is 16.5 Å². The van der Waals surface area contributed by atoms with E-state index in [9.17, 15) is 4.79 Å². The number of carbonyl (C=O) groups excluding carboxylic acids is 1. The number of amides is 1. The van der Waals surface area contributed by atoms with Crippen LogP contribution in [0, 0.1) is 0 Å². The first-order valence-electron chi connectivity index (χ1n) is 5.06. The van der Waals surface area contributed by atoms with Crippen LogP contribution in [-0.4, -0.2) is 23.2 Å². The molecule has 0 bridgehead atoms. The summed E-state index contributed by atoms with van der Waals surface area (Å²) in [6, 6.07) is 6.38. The summed E-state index contributed by atoms with van der Waals surface area (Å²) >= 11 is 5.88. The van der Waals surface area contributed by atoms with Crippen molar-refractivity contribution in [3.63, 3.8) is 0 Å². The van der Waals surface area contributed by atoms with Gasteiger partial charge < -0.3 is 15.8 Å². The van der Waals surface area contributed by atoms with Crippen LogP contribution < -0.4 is 15.8 Å². The Morgan fingerprint density at radius 3 is 2.89 bits per heavy atom. The molecule has 1 heterocycles. The van der Waals surface area contributed by atoms with Crippen LogP contribution in [0.4, 0.5) is 11.5 Å². The highest BCUT2D eigenvalue weighted by molar-refractivity contribution is 6.32. The van der Waals surface area contributed by atoms with Gasteiger partial charge in [-0.2, -0.15) is 5.10 Å². The molecule has 0 aliphatic heterocycles. The minimum Gasteiger partial charge on any atom is -0.495 e. The molecular weight excluding hydrogens is 256 g/mol. The number of halogens is 1. The van der Waals surface area contributed by atoms with Gasteiger partial charge in [0.2, 0.25) is 0 Å². The molecule has 2 aromatic rings. The molecule has 6 nitrogen and oxygen atoms in total. The second kappa shape index (κ2) is 4.97. The van der Waals surface area contributed by atoms with Crippen LogP contribution in [0.3, 0.4) is 0 Å². The number of nitrogens with two attached hydrogens (primary N) is 1. The van der Waals surface area contributed by atoms with E-state index in [0.717, 1.165) is 0 Å². The summed E-state index contributed by atoms with van der Waals surface area (Å²) in [4.78, 5) is 11.8. The molecule has 0 aliphatic rings. The third kappa shape index (κ3) is 2.54. The van der Waals surface area contributed by atoms with Gasteiger partial charge in [-0.05, 0) is 12.1 Å². The van der Waals surface area contributed by atoms with Gasteiger partial charge >= 0.3 is 0 Å². The molecule has 4 N–H and O–H groups in total. The molecule has 0 radical (unpaired) electrons. The molecular formula is C11H11ClN4O2. The number of anilines is 2. The van der Waals surface area contributed by atoms with Gasteiger partial charge in [-0.3, -0.25) is 9.89 Å².